The fraction of sp³-hybridized carbons (Fsp3) is 0.278. The zero-order valence-electron chi connectivity index (χ0n) is 12.0. The van der Waals surface area contributed by atoms with Gasteiger partial charge >= 0.3 is 0 Å². The Bertz CT molecular complexity index is 681. The van der Waals surface area contributed by atoms with Crippen LogP contribution in [-0.2, 0) is 12.8 Å². The van der Waals surface area contributed by atoms with Crippen LogP contribution in [-0.4, -0.2) is 12.5 Å². The minimum absolute atomic E-state index is 0.00532. The summed E-state index contributed by atoms with van der Waals surface area (Å²) in [6.45, 7) is 2.84. The summed E-state index contributed by atoms with van der Waals surface area (Å²) >= 11 is 6.67. The highest BCUT2D eigenvalue weighted by Crippen LogP contribution is 2.32. The molecule has 0 bridgehead atoms. The van der Waals surface area contributed by atoms with Crippen LogP contribution in [0.1, 0.15) is 44.9 Å². The summed E-state index contributed by atoms with van der Waals surface area (Å²) in [5.74, 6) is 0.00532. The van der Waals surface area contributed by atoms with Gasteiger partial charge in [0.2, 0.25) is 0 Å². The number of alkyl halides is 1. The van der Waals surface area contributed by atoms with Gasteiger partial charge in [0.05, 0.1) is 5.38 Å². The van der Waals surface area contributed by atoms with Crippen molar-refractivity contribution < 1.29 is 4.79 Å². The Morgan fingerprint density at radius 1 is 1.24 bits per heavy atom. The molecule has 2 aromatic carbocycles. The third kappa shape index (κ3) is 2.68. The molecule has 0 spiro atoms. The van der Waals surface area contributed by atoms with Gasteiger partial charge in [-0.1, -0.05) is 43.3 Å². The standard InChI is InChI=1S/C18H18ClNO/c1-2-12-5-3-4-6-15(12)17(19)14-8-7-13-9-10-20-18(21)16(13)11-14/h3-8,11,17H,2,9-10H2,1H3,(H,20,21). The van der Waals surface area contributed by atoms with Crippen LogP contribution >= 0.6 is 11.6 Å². The van der Waals surface area contributed by atoms with E-state index in [9.17, 15) is 4.79 Å². The minimum atomic E-state index is -0.221. The van der Waals surface area contributed by atoms with Gasteiger partial charge in [-0.25, -0.2) is 0 Å². The molecule has 108 valence electrons. The molecular weight excluding hydrogens is 282 g/mol. The second-order valence-electron chi connectivity index (χ2n) is 5.34. The van der Waals surface area contributed by atoms with Crippen molar-refractivity contribution in [1.82, 2.24) is 5.32 Å². The molecule has 1 aliphatic heterocycles. The number of rotatable bonds is 3. The number of benzene rings is 2. The van der Waals surface area contributed by atoms with Crippen LogP contribution in [0.25, 0.3) is 0 Å². The van der Waals surface area contributed by atoms with Crippen molar-refractivity contribution in [3.63, 3.8) is 0 Å². The first-order chi connectivity index (χ1) is 10.2. The lowest BCUT2D eigenvalue weighted by Crippen LogP contribution is -2.31. The summed E-state index contributed by atoms with van der Waals surface area (Å²) in [5.41, 5.74) is 5.22. The number of aryl methyl sites for hydroxylation is 1. The van der Waals surface area contributed by atoms with E-state index in [1.165, 1.54) is 5.56 Å². The predicted molar refractivity (Wildman–Crippen MR) is 86.0 cm³/mol. The number of carbonyl (C=O) groups excluding carboxylic acids is 1. The molecule has 0 saturated carbocycles. The summed E-state index contributed by atoms with van der Waals surface area (Å²) in [5, 5.41) is 2.66. The van der Waals surface area contributed by atoms with Gasteiger partial charge in [-0.15, -0.1) is 11.6 Å². The van der Waals surface area contributed by atoms with E-state index >= 15 is 0 Å². The highest BCUT2D eigenvalue weighted by molar-refractivity contribution is 6.22. The summed E-state index contributed by atoms with van der Waals surface area (Å²) in [7, 11) is 0. The second kappa shape index (κ2) is 5.90. The van der Waals surface area contributed by atoms with Gasteiger partial charge in [0.15, 0.2) is 0 Å². The lowest BCUT2D eigenvalue weighted by molar-refractivity contribution is 0.0946. The molecule has 2 nitrogen and oxygen atoms in total. The van der Waals surface area contributed by atoms with E-state index in [0.29, 0.717) is 6.54 Å². The van der Waals surface area contributed by atoms with Crippen molar-refractivity contribution in [3.8, 4) is 0 Å². The van der Waals surface area contributed by atoms with Crippen LogP contribution in [0.3, 0.4) is 0 Å². The van der Waals surface area contributed by atoms with E-state index in [0.717, 1.165) is 35.1 Å². The van der Waals surface area contributed by atoms with Gasteiger partial charge in [0, 0.05) is 12.1 Å². The van der Waals surface area contributed by atoms with Crippen molar-refractivity contribution >= 4 is 17.5 Å². The molecule has 3 rings (SSSR count). The molecule has 21 heavy (non-hydrogen) atoms. The molecular formula is C18H18ClNO. The SMILES string of the molecule is CCc1ccccc1C(Cl)c1ccc2c(c1)C(=O)NCC2. The zero-order valence-corrected chi connectivity index (χ0v) is 12.8. The summed E-state index contributed by atoms with van der Waals surface area (Å²) in [6.07, 6.45) is 1.84. The predicted octanol–water partition coefficient (Wildman–Crippen LogP) is 3.86. The van der Waals surface area contributed by atoms with Gasteiger partial charge in [-0.05, 0) is 41.2 Å². The van der Waals surface area contributed by atoms with Crippen LogP contribution in [0.2, 0.25) is 0 Å². The Morgan fingerprint density at radius 3 is 2.86 bits per heavy atom. The van der Waals surface area contributed by atoms with Crippen LogP contribution in [0, 0.1) is 0 Å². The number of nitrogens with one attached hydrogen (secondary N) is 1. The normalized spacial score (nSPS) is 15.2. The van der Waals surface area contributed by atoms with Gasteiger partial charge in [-0.3, -0.25) is 4.79 Å². The number of amides is 1. The van der Waals surface area contributed by atoms with Crippen molar-refractivity contribution in [2.24, 2.45) is 0 Å². The van der Waals surface area contributed by atoms with Crippen molar-refractivity contribution in [1.29, 1.82) is 0 Å². The van der Waals surface area contributed by atoms with Gasteiger partial charge in [0.1, 0.15) is 0 Å². The maximum absolute atomic E-state index is 12.0. The Kier molecular flexibility index (Phi) is 3.98. The molecule has 1 amide bonds. The average molecular weight is 300 g/mol. The first-order valence-corrected chi connectivity index (χ1v) is 7.77. The third-order valence-corrected chi connectivity index (χ3v) is 4.55. The molecule has 1 N–H and O–H groups in total. The molecule has 0 fully saturated rings. The lowest BCUT2D eigenvalue weighted by Gasteiger charge is -2.20. The molecule has 3 heteroatoms. The maximum atomic E-state index is 12.0. The number of hydrogen-bond acceptors (Lipinski definition) is 1. The Morgan fingerprint density at radius 2 is 2.05 bits per heavy atom. The monoisotopic (exact) mass is 299 g/mol. The number of carbonyl (C=O) groups is 1. The summed E-state index contributed by atoms with van der Waals surface area (Å²) in [4.78, 5) is 12.0. The molecule has 2 aromatic rings. The quantitative estimate of drug-likeness (QED) is 0.857. The maximum Gasteiger partial charge on any atom is 0.251 e. The van der Waals surface area contributed by atoms with E-state index in [4.69, 9.17) is 11.6 Å². The topological polar surface area (TPSA) is 29.1 Å². The van der Waals surface area contributed by atoms with E-state index in [2.05, 4.69) is 24.4 Å². The fourth-order valence-electron chi connectivity index (χ4n) is 2.87. The highest BCUT2D eigenvalue weighted by Gasteiger charge is 2.20. The van der Waals surface area contributed by atoms with Crippen molar-refractivity contribution in [3.05, 3.63) is 70.3 Å². The number of halogens is 1. The molecule has 0 saturated heterocycles. The van der Waals surface area contributed by atoms with Gasteiger partial charge in [-0.2, -0.15) is 0 Å². The number of hydrogen-bond donors (Lipinski definition) is 1. The van der Waals surface area contributed by atoms with E-state index in [-0.39, 0.29) is 11.3 Å². The third-order valence-electron chi connectivity index (χ3n) is 4.06. The van der Waals surface area contributed by atoms with E-state index < -0.39 is 0 Å². The molecule has 0 aromatic heterocycles. The molecule has 1 heterocycles. The minimum Gasteiger partial charge on any atom is -0.352 e. The van der Waals surface area contributed by atoms with Crippen LogP contribution in [0.4, 0.5) is 0 Å². The fourth-order valence-corrected chi connectivity index (χ4v) is 3.22. The van der Waals surface area contributed by atoms with Crippen LogP contribution in [0.5, 0.6) is 0 Å². The summed E-state index contributed by atoms with van der Waals surface area (Å²) in [6, 6.07) is 14.2. The Labute approximate surface area is 130 Å². The zero-order chi connectivity index (χ0) is 14.8. The van der Waals surface area contributed by atoms with E-state index in [1.54, 1.807) is 0 Å². The molecule has 0 radical (unpaired) electrons. The van der Waals surface area contributed by atoms with Gasteiger partial charge < -0.3 is 5.32 Å². The van der Waals surface area contributed by atoms with Gasteiger partial charge in [0.25, 0.3) is 5.91 Å². The molecule has 1 atom stereocenters. The molecule has 0 aliphatic carbocycles. The second-order valence-corrected chi connectivity index (χ2v) is 5.77. The molecule has 1 unspecified atom stereocenters. The Hall–Kier alpha value is -1.80. The largest absolute Gasteiger partial charge is 0.352 e. The van der Waals surface area contributed by atoms with Crippen LogP contribution in [0.15, 0.2) is 42.5 Å². The lowest BCUT2D eigenvalue weighted by atomic mass is 9.93. The Balaban J connectivity index is 2.00. The van der Waals surface area contributed by atoms with Crippen LogP contribution < -0.4 is 5.32 Å². The highest BCUT2D eigenvalue weighted by atomic mass is 35.5. The first-order valence-electron chi connectivity index (χ1n) is 7.33. The average Bonchev–Trinajstić information content (AvgIpc) is 2.54. The number of fused-ring (bicyclic) bond motifs is 1. The smallest absolute Gasteiger partial charge is 0.251 e. The summed E-state index contributed by atoms with van der Waals surface area (Å²) < 4.78 is 0. The van der Waals surface area contributed by atoms with Crippen molar-refractivity contribution in [2.45, 2.75) is 25.1 Å². The van der Waals surface area contributed by atoms with E-state index in [1.807, 2.05) is 30.3 Å². The first kappa shape index (κ1) is 14.2. The molecule has 1 aliphatic rings. The van der Waals surface area contributed by atoms with Crippen molar-refractivity contribution in [2.75, 3.05) is 6.54 Å².